The molecule has 1 saturated heterocycles. The molecule has 2 aliphatic heterocycles. The van der Waals surface area contributed by atoms with Crippen LogP contribution in [0.15, 0.2) is 12.1 Å². The van der Waals surface area contributed by atoms with E-state index in [0.29, 0.717) is 42.1 Å². The number of benzene rings is 1. The lowest BCUT2D eigenvalue weighted by atomic mass is 9.93. The van der Waals surface area contributed by atoms with Crippen molar-refractivity contribution in [3.8, 4) is 5.75 Å². The number of nitrogens with one attached hydrogen (secondary N) is 2. The number of aliphatic hydroxyl groups is 1. The van der Waals surface area contributed by atoms with Crippen LogP contribution in [0.25, 0.3) is 0 Å². The summed E-state index contributed by atoms with van der Waals surface area (Å²) in [5.74, 6) is 0.667. The summed E-state index contributed by atoms with van der Waals surface area (Å²) in [6, 6.07) is 3.52. The van der Waals surface area contributed by atoms with Gasteiger partial charge in [-0.2, -0.15) is 0 Å². The molecule has 0 spiro atoms. The van der Waals surface area contributed by atoms with E-state index in [1.165, 1.54) is 0 Å². The van der Waals surface area contributed by atoms with E-state index >= 15 is 0 Å². The molecule has 0 radical (unpaired) electrons. The lowest BCUT2D eigenvalue weighted by Crippen LogP contribution is -2.46. The minimum atomic E-state index is -0.782. The Labute approximate surface area is 128 Å². The van der Waals surface area contributed by atoms with E-state index in [0.717, 1.165) is 18.7 Å². The van der Waals surface area contributed by atoms with Crippen LogP contribution in [0.1, 0.15) is 24.8 Å². The zero-order chi connectivity index (χ0) is 14.9. The van der Waals surface area contributed by atoms with Crippen molar-refractivity contribution in [2.75, 3.05) is 25.0 Å². The third kappa shape index (κ3) is 3.15. The fourth-order valence-corrected chi connectivity index (χ4v) is 3.03. The van der Waals surface area contributed by atoms with Gasteiger partial charge in [0.1, 0.15) is 18.0 Å². The molecule has 0 bridgehead atoms. The molecular formula is C15H19ClN2O3. The number of carbonyl (C=O) groups is 1. The normalized spacial score (nSPS) is 20.6. The maximum atomic E-state index is 11.5. The van der Waals surface area contributed by atoms with Crippen LogP contribution in [0.5, 0.6) is 5.75 Å². The van der Waals surface area contributed by atoms with Gasteiger partial charge in [0.05, 0.1) is 10.7 Å². The van der Waals surface area contributed by atoms with Crippen LogP contribution in [0.3, 0.4) is 0 Å². The summed E-state index contributed by atoms with van der Waals surface area (Å²) >= 11 is 6.13. The fraction of sp³-hybridized carbons (Fsp3) is 0.533. The topological polar surface area (TPSA) is 70.6 Å². The number of halogens is 1. The molecule has 6 heteroatoms. The van der Waals surface area contributed by atoms with E-state index < -0.39 is 5.60 Å². The van der Waals surface area contributed by atoms with Crippen molar-refractivity contribution in [2.45, 2.75) is 31.3 Å². The molecule has 2 aliphatic rings. The Morgan fingerprint density at radius 3 is 2.81 bits per heavy atom. The standard InChI is InChI=1S/C15H19ClN2O3/c16-11-2-3-12(10-1-4-13(19)18-14(10)11)21-9-15(20)5-7-17-8-6-15/h2-3,17,20H,1,4-9H2,(H,18,19). The highest BCUT2D eigenvalue weighted by atomic mass is 35.5. The summed E-state index contributed by atoms with van der Waals surface area (Å²) < 4.78 is 5.85. The number of amides is 1. The van der Waals surface area contributed by atoms with Gasteiger partial charge in [0, 0.05) is 12.0 Å². The van der Waals surface area contributed by atoms with Crippen molar-refractivity contribution in [1.82, 2.24) is 5.32 Å². The van der Waals surface area contributed by atoms with Crippen LogP contribution in [-0.4, -0.2) is 36.3 Å². The molecule has 0 unspecified atom stereocenters. The van der Waals surface area contributed by atoms with Crippen molar-refractivity contribution in [1.29, 1.82) is 0 Å². The monoisotopic (exact) mass is 310 g/mol. The molecule has 21 heavy (non-hydrogen) atoms. The highest BCUT2D eigenvalue weighted by Gasteiger charge is 2.31. The predicted octanol–water partition coefficient (Wildman–Crippen LogP) is 1.72. The quantitative estimate of drug-likeness (QED) is 0.795. The summed E-state index contributed by atoms with van der Waals surface area (Å²) in [5.41, 5.74) is 0.776. The van der Waals surface area contributed by atoms with Crippen LogP contribution < -0.4 is 15.4 Å². The second-order valence-electron chi connectivity index (χ2n) is 5.71. The highest BCUT2D eigenvalue weighted by molar-refractivity contribution is 6.34. The Morgan fingerprint density at radius 1 is 1.29 bits per heavy atom. The lowest BCUT2D eigenvalue weighted by molar-refractivity contribution is -0.116. The third-order valence-electron chi connectivity index (χ3n) is 4.12. The van der Waals surface area contributed by atoms with Crippen LogP contribution >= 0.6 is 11.6 Å². The molecular weight excluding hydrogens is 292 g/mol. The molecule has 3 rings (SSSR count). The van der Waals surface area contributed by atoms with Crippen molar-refractivity contribution in [2.24, 2.45) is 0 Å². The summed E-state index contributed by atoms with van der Waals surface area (Å²) in [6.45, 7) is 1.86. The number of hydrogen-bond acceptors (Lipinski definition) is 4. The van der Waals surface area contributed by atoms with Gasteiger partial charge < -0.3 is 20.5 Å². The maximum Gasteiger partial charge on any atom is 0.224 e. The van der Waals surface area contributed by atoms with E-state index in [1.807, 2.05) is 6.07 Å². The molecule has 5 nitrogen and oxygen atoms in total. The molecule has 1 aromatic rings. The maximum absolute atomic E-state index is 11.5. The number of ether oxygens (including phenoxy) is 1. The first-order chi connectivity index (χ1) is 10.1. The average molecular weight is 311 g/mol. The van der Waals surface area contributed by atoms with Crippen molar-refractivity contribution in [3.05, 3.63) is 22.7 Å². The van der Waals surface area contributed by atoms with Gasteiger partial charge in [-0.3, -0.25) is 4.79 Å². The number of anilines is 1. The average Bonchev–Trinajstić information content (AvgIpc) is 2.48. The Kier molecular flexibility index (Phi) is 4.06. The molecule has 0 saturated carbocycles. The number of hydrogen-bond donors (Lipinski definition) is 3. The van der Waals surface area contributed by atoms with Crippen molar-refractivity contribution >= 4 is 23.2 Å². The number of piperidine rings is 1. The van der Waals surface area contributed by atoms with E-state index in [4.69, 9.17) is 16.3 Å². The predicted molar refractivity (Wildman–Crippen MR) is 81.0 cm³/mol. The zero-order valence-corrected chi connectivity index (χ0v) is 12.5. The van der Waals surface area contributed by atoms with Gasteiger partial charge in [-0.25, -0.2) is 0 Å². The molecule has 0 aromatic heterocycles. The first-order valence-corrected chi connectivity index (χ1v) is 7.62. The molecule has 0 aliphatic carbocycles. The van der Waals surface area contributed by atoms with Gasteiger partial charge in [-0.05, 0) is 44.5 Å². The minimum Gasteiger partial charge on any atom is -0.490 e. The second kappa shape index (κ2) is 5.83. The van der Waals surface area contributed by atoms with Crippen molar-refractivity contribution < 1.29 is 14.6 Å². The van der Waals surface area contributed by atoms with E-state index in [2.05, 4.69) is 10.6 Å². The largest absolute Gasteiger partial charge is 0.490 e. The number of fused-ring (bicyclic) bond motifs is 1. The molecule has 1 aromatic carbocycles. The highest BCUT2D eigenvalue weighted by Crippen LogP contribution is 2.37. The number of carbonyl (C=O) groups excluding carboxylic acids is 1. The smallest absolute Gasteiger partial charge is 0.224 e. The molecule has 0 atom stereocenters. The fourth-order valence-electron chi connectivity index (χ4n) is 2.81. The first-order valence-electron chi connectivity index (χ1n) is 7.25. The third-order valence-corrected chi connectivity index (χ3v) is 4.43. The summed E-state index contributed by atoms with van der Waals surface area (Å²) in [6.07, 6.45) is 2.40. The van der Waals surface area contributed by atoms with Gasteiger partial charge in [0.25, 0.3) is 0 Å². The molecule has 3 N–H and O–H groups in total. The minimum absolute atomic E-state index is 0.0291. The Balaban J connectivity index is 1.77. The van der Waals surface area contributed by atoms with Crippen molar-refractivity contribution in [3.63, 3.8) is 0 Å². The second-order valence-corrected chi connectivity index (χ2v) is 6.12. The summed E-state index contributed by atoms with van der Waals surface area (Å²) in [5, 5.41) is 17.0. The van der Waals surface area contributed by atoms with Gasteiger partial charge in [0.2, 0.25) is 5.91 Å². The van der Waals surface area contributed by atoms with Crippen LogP contribution in [-0.2, 0) is 11.2 Å². The SMILES string of the molecule is O=C1CCc2c(OCC3(O)CCNCC3)ccc(Cl)c2N1. The molecule has 2 heterocycles. The van der Waals surface area contributed by atoms with E-state index in [1.54, 1.807) is 6.07 Å². The Bertz CT molecular complexity index is 556. The lowest BCUT2D eigenvalue weighted by Gasteiger charge is -2.32. The van der Waals surface area contributed by atoms with Crippen LogP contribution in [0, 0.1) is 0 Å². The van der Waals surface area contributed by atoms with Gasteiger partial charge in [-0.1, -0.05) is 11.6 Å². The molecule has 114 valence electrons. The molecule has 1 fully saturated rings. The van der Waals surface area contributed by atoms with Crippen LogP contribution in [0.2, 0.25) is 5.02 Å². The van der Waals surface area contributed by atoms with Crippen LogP contribution in [0.4, 0.5) is 5.69 Å². The van der Waals surface area contributed by atoms with Gasteiger partial charge >= 0.3 is 0 Å². The first kappa shape index (κ1) is 14.6. The summed E-state index contributed by atoms with van der Waals surface area (Å²) in [7, 11) is 0. The van der Waals surface area contributed by atoms with E-state index in [9.17, 15) is 9.90 Å². The zero-order valence-electron chi connectivity index (χ0n) is 11.7. The molecule has 1 amide bonds. The number of rotatable bonds is 3. The Morgan fingerprint density at radius 2 is 2.05 bits per heavy atom. The van der Waals surface area contributed by atoms with Gasteiger partial charge in [-0.15, -0.1) is 0 Å². The van der Waals surface area contributed by atoms with E-state index in [-0.39, 0.29) is 12.5 Å². The summed E-state index contributed by atoms with van der Waals surface area (Å²) in [4.78, 5) is 11.5. The Hall–Kier alpha value is -1.30. The van der Waals surface area contributed by atoms with Gasteiger partial charge in [0.15, 0.2) is 0 Å².